The number of nitrogens with one attached hydrogen (secondary N) is 1. The zero-order valence-corrected chi connectivity index (χ0v) is 12.9. The third-order valence-electron chi connectivity index (χ3n) is 3.00. The van der Waals surface area contributed by atoms with Gasteiger partial charge in [0.1, 0.15) is 0 Å². The number of ether oxygens (including phenoxy) is 1. The van der Waals surface area contributed by atoms with E-state index in [1.807, 2.05) is 29.8 Å². The fourth-order valence-corrected chi connectivity index (χ4v) is 2.24. The van der Waals surface area contributed by atoms with E-state index in [-0.39, 0.29) is 0 Å². The van der Waals surface area contributed by atoms with E-state index >= 15 is 0 Å². The van der Waals surface area contributed by atoms with Gasteiger partial charge in [0.05, 0.1) is 16.4 Å². The van der Waals surface area contributed by atoms with Gasteiger partial charge in [-0.1, -0.05) is 17.7 Å². The van der Waals surface area contributed by atoms with Gasteiger partial charge in [-0.25, -0.2) is 4.98 Å². The number of benzene rings is 1. The Morgan fingerprint density at radius 2 is 2.15 bits per heavy atom. The molecule has 0 unspecified atom stereocenters. The third-order valence-corrected chi connectivity index (χ3v) is 3.32. The maximum absolute atomic E-state index is 6.30. The second kappa shape index (κ2) is 6.77. The van der Waals surface area contributed by atoms with Crippen LogP contribution in [0.5, 0.6) is 0 Å². The SMILES string of the molecule is COCCCNc1nc(C)cn1-c1cc(C)ccc1Cl. The highest BCUT2D eigenvalue weighted by Crippen LogP contribution is 2.25. The van der Waals surface area contributed by atoms with Crippen molar-refractivity contribution < 1.29 is 4.74 Å². The normalized spacial score (nSPS) is 10.8. The Hall–Kier alpha value is -1.52. The smallest absolute Gasteiger partial charge is 0.207 e. The van der Waals surface area contributed by atoms with E-state index in [1.54, 1.807) is 7.11 Å². The Balaban J connectivity index is 2.25. The summed E-state index contributed by atoms with van der Waals surface area (Å²) in [5.74, 6) is 0.811. The minimum atomic E-state index is 0.716. The topological polar surface area (TPSA) is 39.1 Å². The number of anilines is 1. The molecule has 5 heteroatoms. The van der Waals surface area contributed by atoms with Crippen molar-refractivity contribution in [2.75, 3.05) is 25.6 Å². The van der Waals surface area contributed by atoms with Crippen LogP contribution in [0.3, 0.4) is 0 Å². The van der Waals surface area contributed by atoms with Gasteiger partial charge >= 0.3 is 0 Å². The van der Waals surface area contributed by atoms with E-state index in [1.165, 1.54) is 5.56 Å². The van der Waals surface area contributed by atoms with Gasteiger partial charge in [-0.2, -0.15) is 0 Å². The van der Waals surface area contributed by atoms with E-state index in [2.05, 4.69) is 23.3 Å². The van der Waals surface area contributed by atoms with Gasteiger partial charge in [-0.05, 0) is 38.0 Å². The molecule has 20 heavy (non-hydrogen) atoms. The molecular formula is C15H20ClN3O. The maximum atomic E-state index is 6.30. The van der Waals surface area contributed by atoms with Crippen LogP contribution in [0.1, 0.15) is 17.7 Å². The fraction of sp³-hybridized carbons (Fsp3) is 0.400. The molecule has 1 aromatic heterocycles. The quantitative estimate of drug-likeness (QED) is 0.827. The van der Waals surface area contributed by atoms with Crippen molar-refractivity contribution in [3.05, 3.63) is 40.7 Å². The Labute approximate surface area is 124 Å². The van der Waals surface area contributed by atoms with Crippen LogP contribution in [-0.2, 0) is 4.74 Å². The van der Waals surface area contributed by atoms with Crippen molar-refractivity contribution in [1.29, 1.82) is 0 Å². The van der Waals surface area contributed by atoms with Gasteiger partial charge in [0.15, 0.2) is 0 Å². The summed E-state index contributed by atoms with van der Waals surface area (Å²) in [5, 5.41) is 4.04. The van der Waals surface area contributed by atoms with Crippen molar-refractivity contribution in [3.8, 4) is 5.69 Å². The van der Waals surface area contributed by atoms with Gasteiger partial charge in [0.2, 0.25) is 5.95 Å². The number of imidazole rings is 1. The number of methoxy groups -OCH3 is 1. The van der Waals surface area contributed by atoms with Crippen LogP contribution < -0.4 is 5.32 Å². The minimum absolute atomic E-state index is 0.716. The van der Waals surface area contributed by atoms with Crippen molar-refractivity contribution in [2.45, 2.75) is 20.3 Å². The first kappa shape index (κ1) is 14.9. The molecule has 0 atom stereocenters. The summed E-state index contributed by atoms with van der Waals surface area (Å²) in [6.45, 7) is 5.57. The van der Waals surface area contributed by atoms with E-state index in [0.29, 0.717) is 5.02 Å². The number of aryl methyl sites for hydroxylation is 2. The van der Waals surface area contributed by atoms with Gasteiger partial charge in [0, 0.05) is 26.5 Å². The number of aromatic nitrogens is 2. The maximum Gasteiger partial charge on any atom is 0.207 e. The minimum Gasteiger partial charge on any atom is -0.385 e. The van der Waals surface area contributed by atoms with Crippen LogP contribution in [0.25, 0.3) is 5.69 Å². The van der Waals surface area contributed by atoms with Gasteiger partial charge in [-0.15, -0.1) is 0 Å². The molecule has 0 radical (unpaired) electrons. The Morgan fingerprint density at radius 1 is 1.35 bits per heavy atom. The first-order chi connectivity index (χ1) is 9.61. The standard InChI is InChI=1S/C15H20ClN3O/c1-11-5-6-13(16)14(9-11)19-10-12(2)18-15(19)17-7-4-8-20-3/h5-6,9-10H,4,7-8H2,1-3H3,(H,17,18). The van der Waals surface area contributed by atoms with Crippen molar-refractivity contribution in [1.82, 2.24) is 9.55 Å². The van der Waals surface area contributed by atoms with Crippen LogP contribution in [0.15, 0.2) is 24.4 Å². The highest BCUT2D eigenvalue weighted by molar-refractivity contribution is 6.32. The molecule has 1 heterocycles. The number of hydrogen-bond donors (Lipinski definition) is 1. The van der Waals surface area contributed by atoms with Crippen molar-refractivity contribution in [3.63, 3.8) is 0 Å². The molecular weight excluding hydrogens is 274 g/mol. The van der Waals surface area contributed by atoms with E-state index in [4.69, 9.17) is 16.3 Å². The molecule has 2 aromatic rings. The molecule has 0 saturated carbocycles. The second-order valence-corrected chi connectivity index (χ2v) is 5.21. The summed E-state index contributed by atoms with van der Waals surface area (Å²) in [4.78, 5) is 4.51. The average molecular weight is 294 g/mol. The molecule has 0 amide bonds. The molecule has 1 N–H and O–H groups in total. The molecule has 2 rings (SSSR count). The molecule has 0 bridgehead atoms. The summed E-state index contributed by atoms with van der Waals surface area (Å²) in [5.41, 5.74) is 3.07. The third kappa shape index (κ3) is 3.52. The number of nitrogens with zero attached hydrogens (tertiary/aromatic N) is 2. The number of halogens is 1. The molecule has 0 aliphatic heterocycles. The van der Waals surface area contributed by atoms with Gasteiger partial charge in [0.25, 0.3) is 0 Å². The monoisotopic (exact) mass is 293 g/mol. The first-order valence-corrected chi connectivity index (χ1v) is 7.05. The predicted octanol–water partition coefficient (Wildman–Crippen LogP) is 3.59. The lowest BCUT2D eigenvalue weighted by Gasteiger charge is -2.11. The van der Waals surface area contributed by atoms with E-state index in [0.717, 1.165) is 36.9 Å². The largest absolute Gasteiger partial charge is 0.385 e. The first-order valence-electron chi connectivity index (χ1n) is 6.67. The van der Waals surface area contributed by atoms with Crippen LogP contribution in [0.2, 0.25) is 5.02 Å². The molecule has 1 aromatic carbocycles. The van der Waals surface area contributed by atoms with Crippen LogP contribution in [-0.4, -0.2) is 29.8 Å². The van der Waals surface area contributed by atoms with E-state index in [9.17, 15) is 0 Å². The molecule has 0 aliphatic rings. The lowest BCUT2D eigenvalue weighted by atomic mass is 10.2. The van der Waals surface area contributed by atoms with Crippen LogP contribution >= 0.6 is 11.6 Å². The summed E-state index contributed by atoms with van der Waals surface area (Å²) < 4.78 is 7.04. The van der Waals surface area contributed by atoms with Crippen LogP contribution in [0.4, 0.5) is 5.95 Å². The molecule has 0 fully saturated rings. The van der Waals surface area contributed by atoms with Gasteiger partial charge < -0.3 is 10.1 Å². The Morgan fingerprint density at radius 3 is 2.90 bits per heavy atom. The molecule has 0 aliphatic carbocycles. The van der Waals surface area contributed by atoms with Gasteiger partial charge in [-0.3, -0.25) is 4.57 Å². The Bertz CT molecular complexity index is 580. The fourth-order valence-electron chi connectivity index (χ4n) is 2.03. The van der Waals surface area contributed by atoms with Crippen molar-refractivity contribution >= 4 is 17.5 Å². The Kier molecular flexibility index (Phi) is 5.04. The zero-order chi connectivity index (χ0) is 14.5. The highest BCUT2D eigenvalue weighted by atomic mass is 35.5. The molecule has 4 nitrogen and oxygen atoms in total. The number of hydrogen-bond acceptors (Lipinski definition) is 3. The van der Waals surface area contributed by atoms with Crippen molar-refractivity contribution in [2.24, 2.45) is 0 Å². The molecule has 108 valence electrons. The number of rotatable bonds is 6. The second-order valence-electron chi connectivity index (χ2n) is 4.80. The lowest BCUT2D eigenvalue weighted by Crippen LogP contribution is -2.09. The average Bonchev–Trinajstić information content (AvgIpc) is 2.78. The summed E-state index contributed by atoms with van der Waals surface area (Å²) in [7, 11) is 1.71. The van der Waals surface area contributed by atoms with Crippen LogP contribution in [0, 0.1) is 13.8 Å². The summed E-state index contributed by atoms with van der Waals surface area (Å²) in [6, 6.07) is 5.97. The zero-order valence-electron chi connectivity index (χ0n) is 12.1. The highest BCUT2D eigenvalue weighted by Gasteiger charge is 2.10. The predicted molar refractivity (Wildman–Crippen MR) is 83.0 cm³/mol. The lowest BCUT2D eigenvalue weighted by molar-refractivity contribution is 0.197. The summed E-state index contributed by atoms with van der Waals surface area (Å²) in [6.07, 6.45) is 2.92. The van der Waals surface area contributed by atoms with E-state index < -0.39 is 0 Å². The summed E-state index contributed by atoms with van der Waals surface area (Å²) >= 11 is 6.30. The molecule has 0 spiro atoms. The molecule has 0 saturated heterocycles.